The molecule has 1 rings (SSSR count). The number of amides is 2. The number of carboxylic acid groups (broad SMARTS) is 1. The lowest BCUT2D eigenvalue weighted by Crippen LogP contribution is -2.48. The summed E-state index contributed by atoms with van der Waals surface area (Å²) in [5.74, 6) is -1.11. The number of carbonyl (C=O) groups excluding carboxylic acids is 1. The molecule has 19 heavy (non-hydrogen) atoms. The summed E-state index contributed by atoms with van der Waals surface area (Å²) in [7, 11) is 0. The number of urea groups is 1. The van der Waals surface area contributed by atoms with E-state index >= 15 is 0 Å². The molecule has 0 bridgehead atoms. The molecule has 5 nitrogen and oxygen atoms in total. The third-order valence-electron chi connectivity index (χ3n) is 2.98. The van der Waals surface area contributed by atoms with Crippen molar-refractivity contribution in [3.63, 3.8) is 0 Å². The van der Waals surface area contributed by atoms with Crippen LogP contribution in [0.25, 0.3) is 0 Å². The van der Waals surface area contributed by atoms with Crippen LogP contribution in [0.4, 0.5) is 4.79 Å². The minimum atomic E-state index is -1.00. The van der Waals surface area contributed by atoms with E-state index < -0.39 is 18.0 Å². The van der Waals surface area contributed by atoms with E-state index in [1.54, 1.807) is 11.3 Å². The van der Waals surface area contributed by atoms with E-state index in [0.29, 0.717) is 13.0 Å². The van der Waals surface area contributed by atoms with Gasteiger partial charge in [-0.05, 0) is 25.0 Å². The molecule has 0 fully saturated rings. The van der Waals surface area contributed by atoms with Crippen LogP contribution < -0.4 is 10.6 Å². The predicted octanol–water partition coefficient (Wildman–Crippen LogP) is 2.36. The molecule has 0 aliphatic carbocycles. The molecule has 0 aliphatic rings. The topological polar surface area (TPSA) is 78.4 Å². The first-order valence-electron chi connectivity index (χ1n) is 6.26. The molecule has 0 aromatic carbocycles. The van der Waals surface area contributed by atoms with Gasteiger partial charge in [-0.15, -0.1) is 11.3 Å². The minimum absolute atomic E-state index is 0.104. The molecule has 106 valence electrons. The third-order valence-corrected chi connectivity index (χ3v) is 3.99. The number of hydrogen-bond donors (Lipinski definition) is 3. The lowest BCUT2D eigenvalue weighted by molar-refractivity contribution is -0.140. The number of rotatable bonds is 6. The first-order valence-corrected chi connectivity index (χ1v) is 7.08. The Bertz CT molecular complexity index is 445. The number of hydrogen-bond acceptors (Lipinski definition) is 3. The number of nitrogens with one attached hydrogen (secondary N) is 2. The molecule has 1 aromatic rings. The Labute approximate surface area is 117 Å². The molecule has 1 heterocycles. The molecule has 1 aromatic heterocycles. The van der Waals surface area contributed by atoms with Gasteiger partial charge in [-0.3, -0.25) is 0 Å². The van der Waals surface area contributed by atoms with Gasteiger partial charge in [0, 0.05) is 9.75 Å². The molecule has 3 N–H and O–H groups in total. The molecular formula is C13H20N2O3S. The van der Waals surface area contributed by atoms with Crippen LogP contribution in [-0.4, -0.2) is 23.1 Å². The van der Waals surface area contributed by atoms with Crippen LogP contribution in [-0.2, 0) is 11.3 Å². The quantitative estimate of drug-likeness (QED) is 0.750. The molecule has 2 amide bonds. The third kappa shape index (κ3) is 4.90. The fourth-order valence-corrected chi connectivity index (χ4v) is 2.45. The van der Waals surface area contributed by atoms with Crippen LogP contribution in [0, 0.1) is 12.8 Å². The van der Waals surface area contributed by atoms with Crippen LogP contribution in [0.1, 0.15) is 30.0 Å². The zero-order chi connectivity index (χ0) is 14.4. The van der Waals surface area contributed by atoms with Gasteiger partial charge in [0.15, 0.2) is 0 Å². The largest absolute Gasteiger partial charge is 0.480 e. The molecule has 0 aliphatic heterocycles. The Morgan fingerprint density at radius 1 is 1.42 bits per heavy atom. The van der Waals surface area contributed by atoms with E-state index in [0.717, 1.165) is 4.88 Å². The van der Waals surface area contributed by atoms with Crippen LogP contribution in [0.3, 0.4) is 0 Å². The van der Waals surface area contributed by atoms with Crippen molar-refractivity contribution in [3.05, 3.63) is 21.9 Å². The Morgan fingerprint density at radius 3 is 2.58 bits per heavy atom. The highest BCUT2D eigenvalue weighted by Crippen LogP contribution is 2.14. The van der Waals surface area contributed by atoms with Crippen LogP contribution in [0.15, 0.2) is 12.1 Å². The lowest BCUT2D eigenvalue weighted by atomic mass is 9.99. The summed E-state index contributed by atoms with van der Waals surface area (Å²) in [6.45, 7) is 6.12. The van der Waals surface area contributed by atoms with Gasteiger partial charge in [0.2, 0.25) is 0 Å². The van der Waals surface area contributed by atoms with Gasteiger partial charge < -0.3 is 15.7 Å². The summed E-state index contributed by atoms with van der Waals surface area (Å²) in [5, 5.41) is 14.2. The second kappa shape index (κ2) is 7.13. The van der Waals surface area contributed by atoms with Crippen molar-refractivity contribution >= 4 is 23.3 Å². The minimum Gasteiger partial charge on any atom is -0.480 e. The zero-order valence-electron chi connectivity index (χ0n) is 11.4. The van der Waals surface area contributed by atoms with Gasteiger partial charge in [0.25, 0.3) is 0 Å². The van der Waals surface area contributed by atoms with Crippen molar-refractivity contribution in [2.45, 2.75) is 39.8 Å². The molecule has 2 atom stereocenters. The van der Waals surface area contributed by atoms with E-state index in [4.69, 9.17) is 5.11 Å². The lowest BCUT2D eigenvalue weighted by Gasteiger charge is -2.20. The average Bonchev–Trinajstić information content (AvgIpc) is 2.78. The highest BCUT2D eigenvalue weighted by Gasteiger charge is 2.25. The summed E-state index contributed by atoms with van der Waals surface area (Å²) in [5.41, 5.74) is 0. The Balaban J connectivity index is 2.46. The van der Waals surface area contributed by atoms with E-state index in [-0.39, 0.29) is 5.92 Å². The first-order chi connectivity index (χ1) is 8.93. The molecule has 0 saturated heterocycles. The number of aryl methyl sites for hydroxylation is 1. The fraction of sp³-hybridized carbons (Fsp3) is 0.538. The van der Waals surface area contributed by atoms with Gasteiger partial charge in [-0.1, -0.05) is 20.3 Å². The number of carbonyl (C=O) groups is 2. The maximum atomic E-state index is 11.7. The Hall–Kier alpha value is -1.56. The average molecular weight is 284 g/mol. The van der Waals surface area contributed by atoms with Crippen LogP contribution >= 0.6 is 11.3 Å². The summed E-state index contributed by atoms with van der Waals surface area (Å²) in [6, 6.07) is 2.64. The van der Waals surface area contributed by atoms with Gasteiger partial charge >= 0.3 is 12.0 Å². The molecular weight excluding hydrogens is 264 g/mol. The molecule has 0 spiro atoms. The Morgan fingerprint density at radius 2 is 2.11 bits per heavy atom. The van der Waals surface area contributed by atoms with Crippen molar-refractivity contribution in [3.8, 4) is 0 Å². The molecule has 0 saturated carbocycles. The van der Waals surface area contributed by atoms with Crippen molar-refractivity contribution in [2.24, 2.45) is 5.92 Å². The predicted molar refractivity (Wildman–Crippen MR) is 75.3 cm³/mol. The highest BCUT2D eigenvalue weighted by atomic mass is 32.1. The molecule has 0 radical (unpaired) electrons. The highest BCUT2D eigenvalue weighted by molar-refractivity contribution is 7.11. The first kappa shape index (κ1) is 15.5. The van der Waals surface area contributed by atoms with Gasteiger partial charge in [0.05, 0.1) is 6.54 Å². The van der Waals surface area contributed by atoms with Crippen molar-refractivity contribution in [2.75, 3.05) is 0 Å². The normalized spacial score (nSPS) is 13.6. The van der Waals surface area contributed by atoms with Crippen LogP contribution in [0.2, 0.25) is 0 Å². The molecule has 6 heteroatoms. The van der Waals surface area contributed by atoms with Crippen molar-refractivity contribution < 1.29 is 14.7 Å². The monoisotopic (exact) mass is 284 g/mol. The molecule has 0 unspecified atom stereocenters. The van der Waals surface area contributed by atoms with Gasteiger partial charge in [0.1, 0.15) is 6.04 Å². The van der Waals surface area contributed by atoms with Crippen molar-refractivity contribution in [1.29, 1.82) is 0 Å². The second-order valence-corrected chi connectivity index (χ2v) is 5.91. The summed E-state index contributed by atoms with van der Waals surface area (Å²) in [6.07, 6.45) is 0.696. The maximum Gasteiger partial charge on any atom is 0.326 e. The smallest absolute Gasteiger partial charge is 0.326 e. The van der Waals surface area contributed by atoms with E-state index in [1.165, 1.54) is 4.88 Å². The standard InChI is InChI=1S/C13H20N2O3S/c1-4-8(2)11(12(16)17)15-13(18)14-7-10-6-5-9(3)19-10/h5-6,8,11H,4,7H2,1-3H3,(H,16,17)(H2,14,15,18)/t8-,11-/m0/s1. The van der Waals surface area contributed by atoms with Crippen LogP contribution in [0.5, 0.6) is 0 Å². The van der Waals surface area contributed by atoms with E-state index in [1.807, 2.05) is 32.9 Å². The summed E-state index contributed by atoms with van der Waals surface area (Å²) in [4.78, 5) is 25.0. The van der Waals surface area contributed by atoms with Gasteiger partial charge in [-0.25, -0.2) is 9.59 Å². The number of aliphatic carboxylic acids is 1. The number of thiophene rings is 1. The number of carboxylic acids is 1. The van der Waals surface area contributed by atoms with Crippen molar-refractivity contribution in [1.82, 2.24) is 10.6 Å². The summed E-state index contributed by atoms with van der Waals surface area (Å²) >= 11 is 1.61. The zero-order valence-corrected chi connectivity index (χ0v) is 12.2. The summed E-state index contributed by atoms with van der Waals surface area (Å²) < 4.78 is 0. The van der Waals surface area contributed by atoms with E-state index in [2.05, 4.69) is 10.6 Å². The maximum absolute atomic E-state index is 11.7. The van der Waals surface area contributed by atoms with E-state index in [9.17, 15) is 9.59 Å². The Kier molecular flexibility index (Phi) is 5.82. The SMILES string of the molecule is CC[C@H](C)[C@H](NC(=O)NCc1ccc(C)s1)C(=O)O. The van der Waals surface area contributed by atoms with Gasteiger partial charge in [-0.2, -0.15) is 0 Å². The fourth-order valence-electron chi connectivity index (χ4n) is 1.62. The second-order valence-electron chi connectivity index (χ2n) is 4.54.